The number of halogens is 1. The molecule has 1 atom stereocenters. The van der Waals surface area contributed by atoms with E-state index in [2.05, 4.69) is 33.4 Å². The van der Waals surface area contributed by atoms with Crippen LogP contribution in [0.1, 0.15) is 16.1 Å². The molecule has 0 fully saturated rings. The molecule has 0 saturated carbocycles. The zero-order valence-electron chi connectivity index (χ0n) is 9.77. The van der Waals surface area contributed by atoms with Gasteiger partial charge in [-0.1, -0.05) is 30.3 Å². The van der Waals surface area contributed by atoms with E-state index < -0.39 is 0 Å². The van der Waals surface area contributed by atoms with Crippen molar-refractivity contribution in [1.82, 2.24) is 9.88 Å². The highest BCUT2D eigenvalue weighted by molar-refractivity contribution is 9.10. The van der Waals surface area contributed by atoms with Crippen LogP contribution < -0.4 is 5.32 Å². The smallest absolute Gasteiger partial charge is 0.268 e. The lowest BCUT2D eigenvalue weighted by Gasteiger charge is -2.25. The molecular formula is C14H13BrN2O. The van der Waals surface area contributed by atoms with Gasteiger partial charge in [-0.15, -0.1) is 0 Å². The largest absolute Gasteiger partial charge is 0.346 e. The van der Waals surface area contributed by atoms with Gasteiger partial charge < -0.3 is 9.88 Å². The second kappa shape index (κ2) is 4.61. The number of nitrogens with zero attached hydrogens (tertiary/aromatic N) is 1. The number of hydrogen-bond acceptors (Lipinski definition) is 1. The van der Waals surface area contributed by atoms with E-state index in [1.807, 2.05) is 35.0 Å². The highest BCUT2D eigenvalue weighted by Gasteiger charge is 2.24. The summed E-state index contributed by atoms with van der Waals surface area (Å²) in [4.78, 5) is 11.9. The highest BCUT2D eigenvalue weighted by Crippen LogP contribution is 2.19. The van der Waals surface area contributed by atoms with Crippen LogP contribution in [-0.4, -0.2) is 16.5 Å². The minimum atomic E-state index is 0.00730. The van der Waals surface area contributed by atoms with Gasteiger partial charge in [-0.05, 0) is 34.0 Å². The van der Waals surface area contributed by atoms with E-state index in [1.165, 1.54) is 5.56 Å². The first-order chi connectivity index (χ1) is 8.72. The summed E-state index contributed by atoms with van der Waals surface area (Å²) in [5, 5.41) is 3.05. The van der Waals surface area contributed by atoms with Crippen molar-refractivity contribution in [2.45, 2.75) is 19.0 Å². The van der Waals surface area contributed by atoms with E-state index in [-0.39, 0.29) is 11.9 Å². The molecule has 1 aliphatic heterocycles. The number of carbonyl (C=O) groups is 1. The molecule has 3 nitrogen and oxygen atoms in total. The number of rotatable bonds is 2. The lowest BCUT2D eigenvalue weighted by Crippen LogP contribution is -2.45. The summed E-state index contributed by atoms with van der Waals surface area (Å²) in [7, 11) is 0. The lowest BCUT2D eigenvalue weighted by atomic mass is 10.0. The Kier molecular flexibility index (Phi) is 2.96. The number of amides is 1. The molecule has 1 aromatic heterocycles. The summed E-state index contributed by atoms with van der Waals surface area (Å²) in [5.74, 6) is 0.00730. The Morgan fingerprint density at radius 1 is 1.33 bits per heavy atom. The molecular weight excluding hydrogens is 292 g/mol. The standard InChI is InChI=1S/C14H13BrN2O/c15-11-7-13-14(18)16-12(9-17(13)8-11)6-10-4-2-1-3-5-10/h1-5,7-8,12H,6,9H2,(H,16,18)/t12-/m0/s1. The third-order valence-electron chi connectivity index (χ3n) is 3.17. The third-order valence-corrected chi connectivity index (χ3v) is 3.61. The number of nitrogens with one attached hydrogen (secondary N) is 1. The van der Waals surface area contributed by atoms with E-state index in [4.69, 9.17) is 0 Å². The van der Waals surface area contributed by atoms with Gasteiger partial charge in [0.15, 0.2) is 0 Å². The van der Waals surface area contributed by atoms with Crippen LogP contribution in [0.2, 0.25) is 0 Å². The van der Waals surface area contributed by atoms with Crippen molar-refractivity contribution in [3.05, 3.63) is 58.3 Å². The molecule has 0 unspecified atom stereocenters. The Labute approximate surface area is 114 Å². The Morgan fingerprint density at radius 2 is 2.11 bits per heavy atom. The quantitative estimate of drug-likeness (QED) is 0.909. The van der Waals surface area contributed by atoms with Crippen LogP contribution >= 0.6 is 15.9 Å². The average molecular weight is 305 g/mol. The zero-order valence-corrected chi connectivity index (χ0v) is 11.4. The van der Waals surface area contributed by atoms with Crippen molar-refractivity contribution in [1.29, 1.82) is 0 Å². The second-order valence-electron chi connectivity index (χ2n) is 4.56. The van der Waals surface area contributed by atoms with E-state index in [0.29, 0.717) is 0 Å². The topological polar surface area (TPSA) is 34.0 Å². The summed E-state index contributed by atoms with van der Waals surface area (Å²) in [6.45, 7) is 0.821. The third kappa shape index (κ3) is 2.20. The van der Waals surface area contributed by atoms with Gasteiger partial charge in [0.2, 0.25) is 0 Å². The summed E-state index contributed by atoms with van der Waals surface area (Å²) in [6, 6.07) is 12.3. The van der Waals surface area contributed by atoms with Crippen molar-refractivity contribution >= 4 is 21.8 Å². The average Bonchev–Trinajstić information content (AvgIpc) is 2.72. The molecule has 1 N–H and O–H groups in total. The van der Waals surface area contributed by atoms with Crippen molar-refractivity contribution in [3.8, 4) is 0 Å². The molecule has 4 heteroatoms. The van der Waals surface area contributed by atoms with Crippen LogP contribution in [0.5, 0.6) is 0 Å². The zero-order chi connectivity index (χ0) is 12.5. The minimum absolute atomic E-state index is 0.00730. The number of fused-ring (bicyclic) bond motifs is 1. The molecule has 1 amide bonds. The maximum Gasteiger partial charge on any atom is 0.268 e. The first-order valence-corrected chi connectivity index (χ1v) is 6.72. The Hall–Kier alpha value is -1.55. The normalized spacial score (nSPS) is 18.3. The molecule has 0 spiro atoms. The molecule has 0 bridgehead atoms. The Bertz CT molecular complexity index is 577. The van der Waals surface area contributed by atoms with Crippen molar-refractivity contribution < 1.29 is 4.79 Å². The SMILES string of the molecule is O=C1N[C@@H](Cc2ccccc2)Cn2cc(Br)cc21. The fraction of sp³-hybridized carbons (Fsp3) is 0.214. The summed E-state index contributed by atoms with van der Waals surface area (Å²) in [5.41, 5.74) is 1.98. The molecule has 0 aliphatic carbocycles. The molecule has 2 heterocycles. The summed E-state index contributed by atoms with van der Waals surface area (Å²) < 4.78 is 2.96. The Morgan fingerprint density at radius 3 is 2.89 bits per heavy atom. The highest BCUT2D eigenvalue weighted by atomic mass is 79.9. The van der Waals surface area contributed by atoms with Crippen molar-refractivity contribution in [3.63, 3.8) is 0 Å². The molecule has 1 aliphatic rings. The van der Waals surface area contributed by atoms with E-state index in [0.717, 1.165) is 23.1 Å². The molecule has 2 aromatic rings. The number of hydrogen-bond donors (Lipinski definition) is 1. The fourth-order valence-corrected chi connectivity index (χ4v) is 2.84. The van der Waals surface area contributed by atoms with Gasteiger partial charge in [-0.3, -0.25) is 4.79 Å². The first kappa shape index (κ1) is 11.5. The van der Waals surface area contributed by atoms with Crippen molar-refractivity contribution in [2.24, 2.45) is 0 Å². The van der Waals surface area contributed by atoms with Crippen LogP contribution in [-0.2, 0) is 13.0 Å². The van der Waals surface area contributed by atoms with Crippen LogP contribution in [0.3, 0.4) is 0 Å². The number of carbonyl (C=O) groups excluding carboxylic acids is 1. The van der Waals surface area contributed by atoms with E-state index >= 15 is 0 Å². The molecule has 0 saturated heterocycles. The van der Waals surface area contributed by atoms with Crippen LogP contribution in [0.25, 0.3) is 0 Å². The van der Waals surface area contributed by atoms with Crippen LogP contribution in [0.15, 0.2) is 47.1 Å². The van der Waals surface area contributed by atoms with Gasteiger partial charge in [0.25, 0.3) is 5.91 Å². The number of aromatic nitrogens is 1. The van der Waals surface area contributed by atoms with Gasteiger partial charge in [-0.25, -0.2) is 0 Å². The molecule has 1 aromatic carbocycles. The fourth-order valence-electron chi connectivity index (χ4n) is 2.37. The van der Waals surface area contributed by atoms with Crippen LogP contribution in [0.4, 0.5) is 0 Å². The van der Waals surface area contributed by atoms with Crippen LogP contribution in [0, 0.1) is 0 Å². The maximum absolute atomic E-state index is 11.9. The molecule has 92 valence electrons. The van der Waals surface area contributed by atoms with E-state index in [1.54, 1.807) is 0 Å². The molecule has 0 radical (unpaired) electrons. The summed E-state index contributed by atoms with van der Waals surface area (Å²) in [6.07, 6.45) is 2.83. The van der Waals surface area contributed by atoms with Gasteiger partial charge in [0, 0.05) is 17.2 Å². The molecule has 3 rings (SSSR count). The minimum Gasteiger partial charge on any atom is -0.346 e. The van der Waals surface area contributed by atoms with Gasteiger partial charge >= 0.3 is 0 Å². The van der Waals surface area contributed by atoms with Gasteiger partial charge in [-0.2, -0.15) is 0 Å². The number of benzene rings is 1. The van der Waals surface area contributed by atoms with E-state index in [9.17, 15) is 4.79 Å². The maximum atomic E-state index is 11.9. The van der Waals surface area contributed by atoms with Gasteiger partial charge in [0.05, 0.1) is 6.04 Å². The molecule has 18 heavy (non-hydrogen) atoms. The summed E-state index contributed by atoms with van der Waals surface area (Å²) >= 11 is 3.41. The van der Waals surface area contributed by atoms with Crippen molar-refractivity contribution in [2.75, 3.05) is 0 Å². The van der Waals surface area contributed by atoms with Gasteiger partial charge in [0.1, 0.15) is 5.69 Å². The second-order valence-corrected chi connectivity index (χ2v) is 5.47. The predicted molar refractivity (Wildman–Crippen MR) is 73.5 cm³/mol. The monoisotopic (exact) mass is 304 g/mol. The Balaban J connectivity index is 1.80. The predicted octanol–water partition coefficient (Wildman–Crippen LogP) is 2.61. The lowest BCUT2D eigenvalue weighted by molar-refractivity contribution is 0.0901. The first-order valence-electron chi connectivity index (χ1n) is 5.93.